The number of hydrogen-bond donors (Lipinski definition) is 0. The SMILES string of the molecule is CC1CCC(=O)N1C[N+](C)(C)C. The van der Waals surface area contributed by atoms with Crippen LogP contribution in [0.5, 0.6) is 0 Å². The van der Waals surface area contributed by atoms with Gasteiger partial charge in [-0.1, -0.05) is 0 Å². The lowest BCUT2D eigenvalue weighted by Crippen LogP contribution is -2.48. The molecule has 1 saturated heterocycles. The third-order valence-electron chi connectivity index (χ3n) is 2.21. The summed E-state index contributed by atoms with van der Waals surface area (Å²) < 4.78 is 0.829. The Morgan fingerprint density at radius 1 is 1.50 bits per heavy atom. The summed E-state index contributed by atoms with van der Waals surface area (Å²) in [6.45, 7) is 2.96. The van der Waals surface area contributed by atoms with Gasteiger partial charge in [0.15, 0.2) is 6.67 Å². The van der Waals surface area contributed by atoms with Crippen LogP contribution in [-0.2, 0) is 4.79 Å². The Bertz CT molecular complexity index is 183. The molecule has 1 amide bonds. The van der Waals surface area contributed by atoms with E-state index in [2.05, 4.69) is 28.1 Å². The molecule has 1 fully saturated rings. The first-order valence-corrected chi connectivity index (χ1v) is 4.50. The number of nitrogens with zero attached hydrogens (tertiary/aromatic N) is 2. The molecule has 0 spiro atoms. The van der Waals surface area contributed by atoms with Crippen molar-refractivity contribution in [3.05, 3.63) is 0 Å². The van der Waals surface area contributed by atoms with Crippen molar-refractivity contribution in [2.45, 2.75) is 25.8 Å². The molecule has 12 heavy (non-hydrogen) atoms. The third-order valence-corrected chi connectivity index (χ3v) is 2.21. The first-order chi connectivity index (χ1) is 5.40. The molecule has 0 aliphatic carbocycles. The van der Waals surface area contributed by atoms with Crippen LogP contribution in [0.3, 0.4) is 0 Å². The van der Waals surface area contributed by atoms with Crippen molar-refractivity contribution in [2.75, 3.05) is 27.8 Å². The van der Waals surface area contributed by atoms with Gasteiger partial charge in [0.05, 0.1) is 21.1 Å². The van der Waals surface area contributed by atoms with Crippen molar-refractivity contribution < 1.29 is 9.28 Å². The van der Waals surface area contributed by atoms with Crippen molar-refractivity contribution in [1.29, 1.82) is 0 Å². The van der Waals surface area contributed by atoms with E-state index in [1.54, 1.807) is 0 Å². The van der Waals surface area contributed by atoms with Gasteiger partial charge in [-0.2, -0.15) is 0 Å². The maximum absolute atomic E-state index is 11.4. The summed E-state index contributed by atoms with van der Waals surface area (Å²) >= 11 is 0. The Kier molecular flexibility index (Phi) is 2.42. The minimum absolute atomic E-state index is 0.315. The van der Waals surface area contributed by atoms with E-state index in [1.807, 2.05) is 4.90 Å². The largest absolute Gasteiger partial charge is 0.314 e. The summed E-state index contributed by atoms with van der Waals surface area (Å²) in [6.07, 6.45) is 1.76. The molecule has 1 unspecified atom stereocenters. The van der Waals surface area contributed by atoms with Crippen LogP contribution in [0.2, 0.25) is 0 Å². The normalized spacial score (nSPS) is 25.2. The van der Waals surface area contributed by atoms with Gasteiger partial charge in [-0.15, -0.1) is 0 Å². The van der Waals surface area contributed by atoms with Crippen molar-refractivity contribution in [1.82, 2.24) is 4.90 Å². The number of carbonyl (C=O) groups excluding carboxylic acids is 1. The Hall–Kier alpha value is -0.570. The van der Waals surface area contributed by atoms with E-state index in [0.717, 1.165) is 24.0 Å². The fourth-order valence-corrected chi connectivity index (χ4v) is 1.55. The average molecular weight is 171 g/mol. The van der Waals surface area contributed by atoms with Crippen LogP contribution in [0, 0.1) is 0 Å². The lowest BCUT2D eigenvalue weighted by Gasteiger charge is -2.31. The summed E-state index contributed by atoms with van der Waals surface area (Å²) in [5.41, 5.74) is 0. The average Bonchev–Trinajstić information content (AvgIpc) is 2.16. The molecule has 1 aliphatic heterocycles. The van der Waals surface area contributed by atoms with Crippen molar-refractivity contribution >= 4 is 5.91 Å². The number of carbonyl (C=O) groups is 1. The number of likely N-dealkylation sites (tertiary alicyclic amines) is 1. The minimum atomic E-state index is 0.315. The molecule has 0 aromatic rings. The first-order valence-electron chi connectivity index (χ1n) is 4.50. The van der Waals surface area contributed by atoms with Gasteiger partial charge in [0, 0.05) is 12.5 Å². The van der Waals surface area contributed by atoms with Gasteiger partial charge >= 0.3 is 0 Å². The van der Waals surface area contributed by atoms with E-state index in [9.17, 15) is 4.79 Å². The van der Waals surface area contributed by atoms with Gasteiger partial charge in [-0.25, -0.2) is 0 Å². The summed E-state index contributed by atoms with van der Waals surface area (Å²) in [4.78, 5) is 13.4. The van der Waals surface area contributed by atoms with Gasteiger partial charge in [0.2, 0.25) is 5.91 Å². The molecule has 0 aromatic heterocycles. The molecule has 0 saturated carbocycles. The highest BCUT2D eigenvalue weighted by Crippen LogP contribution is 2.18. The Morgan fingerprint density at radius 2 is 2.08 bits per heavy atom. The molecule has 0 radical (unpaired) electrons. The predicted octanol–water partition coefficient (Wildman–Crippen LogP) is 0.661. The molecular formula is C9H19N2O+. The van der Waals surface area contributed by atoms with Crippen LogP contribution in [0.1, 0.15) is 19.8 Å². The predicted molar refractivity (Wildman–Crippen MR) is 48.4 cm³/mol. The standard InChI is InChI=1S/C9H19N2O/c1-8-5-6-9(12)10(8)7-11(2,3)4/h8H,5-7H2,1-4H3/q+1. The summed E-state index contributed by atoms with van der Waals surface area (Å²) in [5.74, 6) is 0.315. The van der Waals surface area contributed by atoms with E-state index >= 15 is 0 Å². The monoisotopic (exact) mass is 171 g/mol. The van der Waals surface area contributed by atoms with Gasteiger partial charge in [0.25, 0.3) is 0 Å². The van der Waals surface area contributed by atoms with Crippen molar-refractivity contribution in [3.8, 4) is 0 Å². The Morgan fingerprint density at radius 3 is 2.42 bits per heavy atom. The van der Waals surface area contributed by atoms with Crippen LogP contribution in [-0.4, -0.2) is 49.1 Å². The quantitative estimate of drug-likeness (QED) is 0.559. The summed E-state index contributed by atoms with van der Waals surface area (Å²) in [7, 11) is 6.33. The zero-order valence-corrected chi connectivity index (χ0v) is 8.50. The lowest BCUT2D eigenvalue weighted by molar-refractivity contribution is -0.879. The smallest absolute Gasteiger partial charge is 0.227 e. The third kappa shape index (κ3) is 2.21. The van der Waals surface area contributed by atoms with E-state index in [0.29, 0.717) is 11.9 Å². The van der Waals surface area contributed by atoms with Crippen LogP contribution in [0.15, 0.2) is 0 Å². The number of amides is 1. The van der Waals surface area contributed by atoms with Crippen LogP contribution >= 0.6 is 0 Å². The fourth-order valence-electron chi connectivity index (χ4n) is 1.55. The zero-order chi connectivity index (χ0) is 9.35. The first kappa shape index (κ1) is 9.52. The topological polar surface area (TPSA) is 20.3 Å². The second-order valence-electron chi connectivity index (χ2n) is 4.68. The second-order valence-corrected chi connectivity index (χ2v) is 4.68. The van der Waals surface area contributed by atoms with Crippen molar-refractivity contribution in [3.63, 3.8) is 0 Å². The molecule has 0 bridgehead atoms. The molecule has 1 atom stereocenters. The van der Waals surface area contributed by atoms with E-state index in [4.69, 9.17) is 0 Å². The molecule has 0 N–H and O–H groups in total. The van der Waals surface area contributed by atoms with Gasteiger partial charge in [-0.05, 0) is 13.3 Å². The molecule has 1 aliphatic rings. The Labute approximate surface area is 74.5 Å². The summed E-state index contributed by atoms with van der Waals surface area (Å²) in [6, 6.07) is 0.440. The van der Waals surface area contributed by atoms with Gasteiger partial charge < -0.3 is 4.48 Å². The fraction of sp³-hybridized carbons (Fsp3) is 0.889. The minimum Gasteiger partial charge on any atom is -0.314 e. The zero-order valence-electron chi connectivity index (χ0n) is 8.50. The summed E-state index contributed by atoms with van der Waals surface area (Å²) in [5, 5.41) is 0. The van der Waals surface area contributed by atoms with E-state index in [-0.39, 0.29) is 0 Å². The van der Waals surface area contributed by atoms with E-state index < -0.39 is 0 Å². The molecule has 1 heterocycles. The number of quaternary nitrogens is 1. The van der Waals surface area contributed by atoms with Crippen LogP contribution < -0.4 is 0 Å². The van der Waals surface area contributed by atoms with Gasteiger partial charge in [-0.3, -0.25) is 9.69 Å². The maximum atomic E-state index is 11.4. The molecular weight excluding hydrogens is 152 g/mol. The second kappa shape index (κ2) is 3.05. The lowest BCUT2D eigenvalue weighted by atomic mass is 10.2. The highest BCUT2D eigenvalue weighted by molar-refractivity contribution is 5.78. The molecule has 1 rings (SSSR count). The highest BCUT2D eigenvalue weighted by atomic mass is 16.2. The van der Waals surface area contributed by atoms with Crippen LogP contribution in [0.4, 0.5) is 0 Å². The van der Waals surface area contributed by atoms with Gasteiger partial charge in [0.1, 0.15) is 0 Å². The maximum Gasteiger partial charge on any atom is 0.227 e. The number of hydrogen-bond acceptors (Lipinski definition) is 1. The molecule has 3 heteroatoms. The molecule has 0 aromatic carbocycles. The highest BCUT2D eigenvalue weighted by Gasteiger charge is 2.30. The van der Waals surface area contributed by atoms with Crippen LogP contribution in [0.25, 0.3) is 0 Å². The van der Waals surface area contributed by atoms with E-state index in [1.165, 1.54) is 0 Å². The number of rotatable bonds is 2. The Balaban J connectivity index is 2.56. The molecule has 70 valence electrons. The molecule has 3 nitrogen and oxygen atoms in total. The van der Waals surface area contributed by atoms with Crippen molar-refractivity contribution in [2.24, 2.45) is 0 Å².